The molecule has 0 bridgehead atoms. The number of aromatic nitrogens is 3. The average Bonchev–Trinajstić information content (AvgIpc) is 2.79. The quantitative estimate of drug-likeness (QED) is 0.622. The van der Waals surface area contributed by atoms with Gasteiger partial charge in [0.05, 0.1) is 29.0 Å². The van der Waals surface area contributed by atoms with E-state index in [1.165, 1.54) is 0 Å². The van der Waals surface area contributed by atoms with Crippen molar-refractivity contribution in [1.29, 1.82) is 0 Å². The molecule has 9 heteroatoms. The maximum Gasteiger partial charge on any atom is 0.230 e. The van der Waals surface area contributed by atoms with E-state index in [2.05, 4.69) is 25.2 Å². The smallest absolute Gasteiger partial charge is 0.230 e. The second kappa shape index (κ2) is 9.95. The molecule has 8 nitrogen and oxygen atoms in total. The molecule has 0 unspecified atom stereocenters. The predicted molar refractivity (Wildman–Crippen MR) is 128 cm³/mol. The van der Waals surface area contributed by atoms with Crippen LogP contribution in [0.1, 0.15) is 18.2 Å². The first-order valence-corrected chi connectivity index (χ1v) is 11.1. The molecule has 1 aliphatic rings. The van der Waals surface area contributed by atoms with Gasteiger partial charge in [-0.1, -0.05) is 11.6 Å². The van der Waals surface area contributed by atoms with Crippen LogP contribution < -0.4 is 10.2 Å². The number of piperazine rings is 1. The molecule has 3 aromatic heterocycles. The first kappa shape index (κ1) is 22.7. The van der Waals surface area contributed by atoms with Gasteiger partial charge in [0.1, 0.15) is 5.82 Å². The molecule has 0 radical (unpaired) electrons. The highest BCUT2D eigenvalue weighted by molar-refractivity contribution is 6.33. The van der Waals surface area contributed by atoms with Gasteiger partial charge in [0.15, 0.2) is 0 Å². The van der Waals surface area contributed by atoms with Gasteiger partial charge in [0.25, 0.3) is 0 Å². The standard InChI is InChI=1S/C24H25ClN6O2/c1-16-11-19(5-6-26-16)24-21(25)12-18(14-28-24)13-23(33)29-22-4-3-20(15-27-22)31-9-7-30(8-10-31)17(2)32/h3-6,11-12,14-15H,7-10,13H2,1-2H3,(H,27,29,33). The average molecular weight is 465 g/mol. The third-order valence-electron chi connectivity index (χ3n) is 5.54. The first-order chi connectivity index (χ1) is 15.9. The third kappa shape index (κ3) is 5.64. The summed E-state index contributed by atoms with van der Waals surface area (Å²) in [5, 5.41) is 3.30. The number of hydrogen-bond donors (Lipinski definition) is 1. The number of nitrogens with zero attached hydrogens (tertiary/aromatic N) is 5. The second-order valence-corrected chi connectivity index (χ2v) is 8.39. The lowest BCUT2D eigenvalue weighted by Crippen LogP contribution is -2.48. The van der Waals surface area contributed by atoms with Crippen molar-refractivity contribution in [2.75, 3.05) is 36.4 Å². The van der Waals surface area contributed by atoms with Crippen LogP contribution in [0.2, 0.25) is 5.02 Å². The number of nitrogens with one attached hydrogen (secondary N) is 1. The minimum atomic E-state index is -0.198. The van der Waals surface area contributed by atoms with E-state index in [0.29, 0.717) is 35.2 Å². The van der Waals surface area contributed by atoms with Crippen LogP contribution in [-0.4, -0.2) is 57.8 Å². The van der Waals surface area contributed by atoms with Crippen LogP contribution in [-0.2, 0) is 16.0 Å². The molecule has 33 heavy (non-hydrogen) atoms. The lowest BCUT2D eigenvalue weighted by atomic mass is 10.1. The second-order valence-electron chi connectivity index (χ2n) is 7.98. The molecule has 0 saturated carbocycles. The van der Waals surface area contributed by atoms with Crippen molar-refractivity contribution < 1.29 is 9.59 Å². The number of hydrogen-bond acceptors (Lipinski definition) is 6. The fourth-order valence-electron chi connectivity index (χ4n) is 3.78. The Labute approximate surface area is 197 Å². The van der Waals surface area contributed by atoms with Crippen molar-refractivity contribution in [3.63, 3.8) is 0 Å². The molecular formula is C24H25ClN6O2. The van der Waals surface area contributed by atoms with Crippen molar-refractivity contribution in [2.45, 2.75) is 20.3 Å². The Hall–Kier alpha value is -3.52. The summed E-state index contributed by atoms with van der Waals surface area (Å²) in [6, 6.07) is 9.24. The van der Waals surface area contributed by atoms with Crippen LogP contribution in [0.3, 0.4) is 0 Å². The van der Waals surface area contributed by atoms with Crippen molar-refractivity contribution in [3.8, 4) is 11.3 Å². The van der Waals surface area contributed by atoms with E-state index in [1.807, 2.05) is 30.0 Å². The van der Waals surface area contributed by atoms with Gasteiger partial charge in [-0.25, -0.2) is 4.98 Å². The summed E-state index contributed by atoms with van der Waals surface area (Å²) in [6.07, 6.45) is 5.25. The molecule has 2 amide bonds. The number of amides is 2. The number of pyridine rings is 3. The predicted octanol–water partition coefficient (Wildman–Crippen LogP) is 3.35. The lowest BCUT2D eigenvalue weighted by Gasteiger charge is -2.35. The first-order valence-electron chi connectivity index (χ1n) is 10.7. The highest BCUT2D eigenvalue weighted by Crippen LogP contribution is 2.26. The molecule has 4 rings (SSSR count). The van der Waals surface area contributed by atoms with Crippen LogP contribution in [0.25, 0.3) is 11.3 Å². The summed E-state index contributed by atoms with van der Waals surface area (Å²) < 4.78 is 0. The molecule has 1 fully saturated rings. The van der Waals surface area contributed by atoms with Crippen molar-refractivity contribution >= 4 is 34.9 Å². The van der Waals surface area contributed by atoms with E-state index in [-0.39, 0.29) is 18.2 Å². The van der Waals surface area contributed by atoms with E-state index in [4.69, 9.17) is 11.6 Å². The zero-order valence-electron chi connectivity index (χ0n) is 18.6. The van der Waals surface area contributed by atoms with Gasteiger partial charge >= 0.3 is 0 Å². The number of halogens is 1. The maximum absolute atomic E-state index is 12.5. The van der Waals surface area contributed by atoms with Gasteiger partial charge in [0.2, 0.25) is 11.8 Å². The molecule has 1 aliphatic heterocycles. The number of anilines is 2. The normalized spacial score (nSPS) is 13.7. The Bertz CT molecular complexity index is 1160. The summed E-state index contributed by atoms with van der Waals surface area (Å²) in [4.78, 5) is 41.0. The van der Waals surface area contributed by atoms with Gasteiger partial charge in [-0.05, 0) is 42.8 Å². The van der Waals surface area contributed by atoms with Crippen molar-refractivity contribution in [3.05, 3.63) is 65.2 Å². The molecule has 0 atom stereocenters. The number of rotatable bonds is 5. The Morgan fingerprint density at radius 3 is 2.45 bits per heavy atom. The minimum Gasteiger partial charge on any atom is -0.367 e. The number of carbonyl (C=O) groups is 2. The summed E-state index contributed by atoms with van der Waals surface area (Å²) in [5.41, 5.74) is 4.11. The van der Waals surface area contributed by atoms with Crippen LogP contribution in [0.15, 0.2) is 48.9 Å². The molecule has 1 N–H and O–H groups in total. The molecule has 0 aromatic carbocycles. The Kier molecular flexibility index (Phi) is 6.84. The zero-order chi connectivity index (χ0) is 23.4. The van der Waals surface area contributed by atoms with Gasteiger partial charge in [0, 0.05) is 56.8 Å². The largest absolute Gasteiger partial charge is 0.367 e. The number of aryl methyl sites for hydroxylation is 1. The van der Waals surface area contributed by atoms with Gasteiger partial charge < -0.3 is 15.1 Å². The lowest BCUT2D eigenvalue weighted by molar-refractivity contribution is -0.129. The summed E-state index contributed by atoms with van der Waals surface area (Å²) in [5.74, 6) is 0.383. The topological polar surface area (TPSA) is 91.3 Å². The Morgan fingerprint density at radius 1 is 1.03 bits per heavy atom. The van der Waals surface area contributed by atoms with Gasteiger partial charge in [-0.2, -0.15) is 0 Å². The fraction of sp³-hybridized carbons (Fsp3) is 0.292. The Morgan fingerprint density at radius 2 is 1.82 bits per heavy atom. The van der Waals surface area contributed by atoms with Crippen molar-refractivity contribution in [1.82, 2.24) is 19.9 Å². The van der Waals surface area contributed by atoms with E-state index >= 15 is 0 Å². The molecular weight excluding hydrogens is 440 g/mol. The van der Waals surface area contributed by atoms with Crippen LogP contribution in [0, 0.1) is 6.92 Å². The van der Waals surface area contributed by atoms with E-state index in [0.717, 1.165) is 30.0 Å². The SMILES string of the molecule is CC(=O)N1CCN(c2ccc(NC(=O)Cc3cnc(-c4ccnc(C)c4)c(Cl)c3)nc2)CC1. The molecule has 0 spiro atoms. The van der Waals surface area contributed by atoms with E-state index in [9.17, 15) is 9.59 Å². The molecule has 170 valence electrons. The number of carbonyl (C=O) groups excluding carboxylic acids is 2. The third-order valence-corrected chi connectivity index (χ3v) is 5.83. The fourth-order valence-corrected chi connectivity index (χ4v) is 4.08. The summed E-state index contributed by atoms with van der Waals surface area (Å²) >= 11 is 6.42. The summed E-state index contributed by atoms with van der Waals surface area (Å²) in [7, 11) is 0. The highest BCUT2D eigenvalue weighted by atomic mass is 35.5. The van der Waals surface area contributed by atoms with E-state index < -0.39 is 0 Å². The Balaban J connectivity index is 1.34. The van der Waals surface area contributed by atoms with Crippen LogP contribution >= 0.6 is 11.6 Å². The molecule has 0 aliphatic carbocycles. The monoisotopic (exact) mass is 464 g/mol. The summed E-state index contributed by atoms with van der Waals surface area (Å²) in [6.45, 7) is 6.42. The van der Waals surface area contributed by atoms with Crippen LogP contribution in [0.5, 0.6) is 0 Å². The molecule has 1 saturated heterocycles. The molecule has 4 heterocycles. The van der Waals surface area contributed by atoms with Crippen molar-refractivity contribution in [2.24, 2.45) is 0 Å². The highest BCUT2D eigenvalue weighted by Gasteiger charge is 2.19. The van der Waals surface area contributed by atoms with Gasteiger partial charge in [-0.3, -0.25) is 19.6 Å². The molecule has 3 aromatic rings. The zero-order valence-corrected chi connectivity index (χ0v) is 19.3. The minimum absolute atomic E-state index is 0.101. The van der Waals surface area contributed by atoms with E-state index in [1.54, 1.807) is 37.6 Å². The van der Waals surface area contributed by atoms with Gasteiger partial charge in [-0.15, -0.1) is 0 Å². The maximum atomic E-state index is 12.5. The van der Waals surface area contributed by atoms with Crippen LogP contribution in [0.4, 0.5) is 11.5 Å².